The monoisotopic (exact) mass is 343 g/mol. The molecular weight excluding hydrogens is 322 g/mol. The minimum absolute atomic E-state index is 0. The van der Waals surface area contributed by atoms with Gasteiger partial charge < -0.3 is 25.4 Å². The van der Waals surface area contributed by atoms with Crippen LogP contribution in [0.3, 0.4) is 0 Å². The number of amides is 2. The number of methoxy groups -OCH3 is 1. The molecule has 1 fully saturated rings. The second-order valence-corrected chi connectivity index (χ2v) is 5.07. The van der Waals surface area contributed by atoms with E-state index in [0.29, 0.717) is 36.8 Å². The fourth-order valence-electron chi connectivity index (χ4n) is 2.25. The molecule has 0 bridgehead atoms. The van der Waals surface area contributed by atoms with E-state index in [1.54, 1.807) is 18.2 Å². The number of hydrogen-bond acceptors (Lipinski definition) is 5. The van der Waals surface area contributed by atoms with Crippen molar-refractivity contribution in [1.82, 2.24) is 5.32 Å². The van der Waals surface area contributed by atoms with E-state index in [0.717, 1.165) is 6.54 Å². The van der Waals surface area contributed by atoms with Gasteiger partial charge in [0, 0.05) is 37.7 Å². The van der Waals surface area contributed by atoms with Gasteiger partial charge in [-0.15, -0.1) is 12.4 Å². The van der Waals surface area contributed by atoms with Crippen molar-refractivity contribution >= 4 is 35.6 Å². The lowest BCUT2D eigenvalue weighted by molar-refractivity contribution is -0.117. The minimum Gasteiger partial charge on any atom is -0.494 e. The molecule has 0 radical (unpaired) electrons. The average molecular weight is 344 g/mol. The van der Waals surface area contributed by atoms with Crippen molar-refractivity contribution < 1.29 is 19.1 Å². The number of nitrogens with one attached hydrogen (secondary N) is 3. The third kappa shape index (κ3) is 6.05. The molecule has 2 rings (SSSR count). The van der Waals surface area contributed by atoms with E-state index < -0.39 is 0 Å². The fourth-order valence-corrected chi connectivity index (χ4v) is 2.25. The van der Waals surface area contributed by atoms with Crippen LogP contribution in [0.5, 0.6) is 5.75 Å². The van der Waals surface area contributed by atoms with E-state index in [9.17, 15) is 9.59 Å². The van der Waals surface area contributed by atoms with Crippen molar-refractivity contribution in [3.63, 3.8) is 0 Å². The molecule has 8 heteroatoms. The maximum atomic E-state index is 12.0. The van der Waals surface area contributed by atoms with Crippen LogP contribution in [-0.4, -0.2) is 44.7 Å². The topological polar surface area (TPSA) is 88.7 Å². The fraction of sp³-hybridized carbons (Fsp3) is 0.467. The Morgan fingerprint density at radius 1 is 1.39 bits per heavy atom. The van der Waals surface area contributed by atoms with E-state index in [4.69, 9.17) is 9.47 Å². The smallest absolute Gasteiger partial charge is 0.226 e. The Bertz CT molecular complexity index is 548. The Morgan fingerprint density at radius 2 is 2.17 bits per heavy atom. The Morgan fingerprint density at radius 3 is 2.78 bits per heavy atom. The van der Waals surface area contributed by atoms with Crippen molar-refractivity contribution in [3.05, 3.63) is 18.2 Å². The molecule has 1 aliphatic heterocycles. The summed E-state index contributed by atoms with van der Waals surface area (Å²) in [7, 11) is 1.51. The number of carbonyl (C=O) groups excluding carboxylic acids is 2. The first kappa shape index (κ1) is 19.2. The zero-order valence-corrected chi connectivity index (χ0v) is 14.0. The number of halogens is 1. The minimum atomic E-state index is -0.182. The lowest BCUT2D eigenvalue weighted by atomic mass is 10.2. The second kappa shape index (κ2) is 9.34. The van der Waals surface area contributed by atoms with Crippen LogP contribution in [-0.2, 0) is 14.3 Å². The van der Waals surface area contributed by atoms with E-state index in [1.807, 2.05) is 0 Å². The molecule has 1 heterocycles. The van der Waals surface area contributed by atoms with Gasteiger partial charge >= 0.3 is 0 Å². The van der Waals surface area contributed by atoms with Gasteiger partial charge in [-0.25, -0.2) is 0 Å². The van der Waals surface area contributed by atoms with Crippen molar-refractivity contribution in [1.29, 1.82) is 0 Å². The van der Waals surface area contributed by atoms with Gasteiger partial charge in [0.1, 0.15) is 5.75 Å². The Hall–Kier alpha value is -1.83. The number of benzene rings is 1. The van der Waals surface area contributed by atoms with Gasteiger partial charge in [0.05, 0.1) is 26.0 Å². The van der Waals surface area contributed by atoms with Crippen LogP contribution in [0.2, 0.25) is 0 Å². The summed E-state index contributed by atoms with van der Waals surface area (Å²) in [5, 5.41) is 8.72. The number of morpholine rings is 1. The highest BCUT2D eigenvalue weighted by molar-refractivity contribution is 5.94. The van der Waals surface area contributed by atoms with E-state index in [2.05, 4.69) is 16.0 Å². The molecule has 23 heavy (non-hydrogen) atoms. The maximum absolute atomic E-state index is 12.0. The molecule has 0 spiro atoms. The van der Waals surface area contributed by atoms with Gasteiger partial charge in [0.25, 0.3) is 0 Å². The molecular formula is C15H22ClN3O4. The van der Waals surface area contributed by atoms with E-state index >= 15 is 0 Å². The predicted molar refractivity (Wildman–Crippen MR) is 90.4 cm³/mol. The van der Waals surface area contributed by atoms with Crippen LogP contribution >= 0.6 is 12.4 Å². The van der Waals surface area contributed by atoms with E-state index in [-0.39, 0.29) is 30.3 Å². The van der Waals surface area contributed by atoms with Crippen molar-refractivity contribution in [3.8, 4) is 5.75 Å². The van der Waals surface area contributed by atoms with Crippen LogP contribution in [0, 0.1) is 0 Å². The largest absolute Gasteiger partial charge is 0.494 e. The standard InChI is InChI=1S/C15H21N3O4.ClH/c1-10(19)17-13-4-3-11(7-14(13)21-2)18-15(20)8-12-9-22-6-5-16-12;/h3-4,7,12,16H,5-6,8-9H2,1-2H3,(H,17,19)(H,18,20);1H. The van der Waals surface area contributed by atoms with Crippen LogP contribution < -0.4 is 20.7 Å². The maximum Gasteiger partial charge on any atom is 0.226 e. The highest BCUT2D eigenvalue weighted by atomic mass is 35.5. The molecule has 1 atom stereocenters. The van der Waals surface area contributed by atoms with E-state index in [1.165, 1.54) is 14.0 Å². The summed E-state index contributed by atoms with van der Waals surface area (Å²) in [5.74, 6) is 0.211. The zero-order valence-electron chi connectivity index (χ0n) is 13.2. The third-order valence-electron chi connectivity index (χ3n) is 3.23. The van der Waals surface area contributed by atoms with Gasteiger partial charge in [-0.3, -0.25) is 9.59 Å². The molecule has 1 aromatic carbocycles. The summed E-state index contributed by atoms with van der Waals surface area (Å²) < 4.78 is 10.5. The molecule has 1 aromatic rings. The number of carbonyl (C=O) groups is 2. The van der Waals surface area contributed by atoms with Gasteiger partial charge in [-0.2, -0.15) is 0 Å². The number of anilines is 2. The summed E-state index contributed by atoms with van der Waals surface area (Å²) in [6.45, 7) is 3.41. The summed E-state index contributed by atoms with van der Waals surface area (Å²) in [6.07, 6.45) is 0.343. The molecule has 7 nitrogen and oxygen atoms in total. The van der Waals surface area contributed by atoms with Gasteiger partial charge in [-0.05, 0) is 12.1 Å². The summed E-state index contributed by atoms with van der Waals surface area (Å²) in [6, 6.07) is 5.12. The molecule has 0 aliphatic carbocycles. The van der Waals surface area contributed by atoms with Gasteiger partial charge in [-0.1, -0.05) is 0 Å². The molecule has 1 aliphatic rings. The molecule has 0 saturated carbocycles. The lowest BCUT2D eigenvalue weighted by Gasteiger charge is -2.23. The quantitative estimate of drug-likeness (QED) is 0.752. The van der Waals surface area contributed by atoms with Crippen LogP contribution in [0.25, 0.3) is 0 Å². The first-order valence-corrected chi connectivity index (χ1v) is 7.15. The zero-order chi connectivity index (χ0) is 15.9. The van der Waals surface area contributed by atoms with Gasteiger partial charge in [0.15, 0.2) is 0 Å². The summed E-state index contributed by atoms with van der Waals surface area (Å²) >= 11 is 0. The number of rotatable bonds is 5. The van der Waals surface area contributed by atoms with Crippen molar-refractivity contribution in [2.45, 2.75) is 19.4 Å². The summed E-state index contributed by atoms with van der Waals surface area (Å²) in [5.41, 5.74) is 1.18. The average Bonchev–Trinajstić information content (AvgIpc) is 2.49. The Kier molecular flexibility index (Phi) is 7.80. The first-order valence-electron chi connectivity index (χ1n) is 7.15. The van der Waals surface area contributed by atoms with Crippen molar-refractivity contribution in [2.24, 2.45) is 0 Å². The normalized spacial score (nSPS) is 16.9. The molecule has 2 amide bonds. The molecule has 1 unspecified atom stereocenters. The van der Waals surface area contributed by atoms with Crippen LogP contribution in [0.1, 0.15) is 13.3 Å². The van der Waals surface area contributed by atoms with Crippen molar-refractivity contribution in [2.75, 3.05) is 37.5 Å². The number of ether oxygens (including phenoxy) is 2. The Balaban J connectivity index is 0.00000264. The lowest BCUT2D eigenvalue weighted by Crippen LogP contribution is -2.43. The van der Waals surface area contributed by atoms with Crippen LogP contribution in [0.4, 0.5) is 11.4 Å². The number of hydrogen-bond donors (Lipinski definition) is 3. The SMILES string of the molecule is COc1cc(NC(=O)CC2COCCN2)ccc1NC(C)=O.Cl. The molecule has 1 saturated heterocycles. The molecule has 3 N–H and O–H groups in total. The molecule has 128 valence electrons. The highest BCUT2D eigenvalue weighted by Crippen LogP contribution is 2.28. The Labute approximate surface area is 141 Å². The predicted octanol–water partition coefficient (Wildman–Crippen LogP) is 1.39. The highest BCUT2D eigenvalue weighted by Gasteiger charge is 2.17. The second-order valence-electron chi connectivity index (χ2n) is 5.07. The first-order chi connectivity index (χ1) is 10.6. The van der Waals surface area contributed by atoms with Crippen LogP contribution in [0.15, 0.2) is 18.2 Å². The summed E-state index contributed by atoms with van der Waals surface area (Å²) in [4.78, 5) is 23.1. The van der Waals surface area contributed by atoms with Gasteiger partial charge in [0.2, 0.25) is 11.8 Å². The third-order valence-corrected chi connectivity index (χ3v) is 3.23. The molecule has 0 aromatic heterocycles.